The molecular weight excluding hydrogens is 342 g/mol. The molecule has 1 fully saturated rings. The van der Waals surface area contributed by atoms with Gasteiger partial charge < -0.3 is 10.6 Å². The molecule has 2 rings (SSSR count). The molecule has 0 aliphatic carbocycles. The van der Waals surface area contributed by atoms with E-state index in [0.29, 0.717) is 35.9 Å². The zero-order valence-corrected chi connectivity index (χ0v) is 15.6. The van der Waals surface area contributed by atoms with Gasteiger partial charge in [0.25, 0.3) is 0 Å². The van der Waals surface area contributed by atoms with Crippen LogP contribution in [0.3, 0.4) is 0 Å². The van der Waals surface area contributed by atoms with Crippen molar-refractivity contribution in [2.45, 2.75) is 38.8 Å². The maximum atomic E-state index is 11.9. The number of benzene rings is 1. The van der Waals surface area contributed by atoms with Crippen molar-refractivity contribution in [3.63, 3.8) is 0 Å². The average Bonchev–Trinajstić information content (AvgIpc) is 2.81. The second-order valence-corrected chi connectivity index (χ2v) is 8.26. The first-order valence-corrected chi connectivity index (χ1v) is 10.3. The van der Waals surface area contributed by atoms with E-state index in [0.717, 1.165) is 19.1 Å². The van der Waals surface area contributed by atoms with Crippen LogP contribution in [0, 0.1) is 5.92 Å². The number of hydrazine groups is 1. The minimum atomic E-state index is -3.35. The summed E-state index contributed by atoms with van der Waals surface area (Å²) in [7, 11) is -3.35. The molecule has 0 aromatic heterocycles. The molecule has 1 aliphatic heterocycles. The fourth-order valence-electron chi connectivity index (χ4n) is 3.00. The Hall–Kier alpha value is -1.84. The van der Waals surface area contributed by atoms with E-state index in [1.807, 2.05) is 0 Å². The SMILES string of the molecule is CC1NNC(C)C1CCCNC(=O)Nc1cccc(NS(C)(=O)=O)c1. The average molecular weight is 369 g/mol. The van der Waals surface area contributed by atoms with E-state index in [2.05, 4.69) is 40.1 Å². The molecule has 0 spiro atoms. The minimum Gasteiger partial charge on any atom is -0.338 e. The van der Waals surface area contributed by atoms with Crippen molar-refractivity contribution < 1.29 is 13.2 Å². The molecule has 0 bridgehead atoms. The van der Waals surface area contributed by atoms with E-state index in [1.165, 1.54) is 0 Å². The lowest BCUT2D eigenvalue weighted by Gasteiger charge is -2.17. The molecule has 140 valence electrons. The number of sulfonamides is 1. The lowest BCUT2D eigenvalue weighted by Crippen LogP contribution is -2.31. The monoisotopic (exact) mass is 369 g/mol. The van der Waals surface area contributed by atoms with Crippen molar-refractivity contribution in [3.8, 4) is 0 Å². The summed E-state index contributed by atoms with van der Waals surface area (Å²) in [5, 5.41) is 5.53. The summed E-state index contributed by atoms with van der Waals surface area (Å²) in [5.74, 6) is 0.545. The van der Waals surface area contributed by atoms with Crippen LogP contribution in [0.25, 0.3) is 0 Å². The summed E-state index contributed by atoms with van der Waals surface area (Å²) in [6.45, 7) is 4.89. The first-order valence-electron chi connectivity index (χ1n) is 8.38. The Labute approximate surface area is 149 Å². The van der Waals surface area contributed by atoms with Crippen molar-refractivity contribution in [1.29, 1.82) is 0 Å². The molecule has 1 aromatic rings. The Morgan fingerprint density at radius 1 is 1.16 bits per heavy atom. The van der Waals surface area contributed by atoms with Crippen molar-refractivity contribution in [1.82, 2.24) is 16.2 Å². The molecule has 1 aromatic carbocycles. The Balaban J connectivity index is 1.74. The van der Waals surface area contributed by atoms with E-state index in [-0.39, 0.29) is 6.03 Å². The highest BCUT2D eigenvalue weighted by Crippen LogP contribution is 2.19. The topological polar surface area (TPSA) is 111 Å². The second kappa shape index (κ2) is 8.50. The van der Waals surface area contributed by atoms with Gasteiger partial charge in [-0.2, -0.15) is 0 Å². The summed E-state index contributed by atoms with van der Waals surface area (Å²) in [4.78, 5) is 11.9. The maximum absolute atomic E-state index is 11.9. The fourth-order valence-corrected chi connectivity index (χ4v) is 3.55. The standard InChI is InChI=1S/C16H27N5O3S/c1-11-15(12(2)20-19-11)8-5-9-17-16(22)18-13-6-4-7-14(10-13)21-25(3,23)24/h4,6-7,10-12,15,19-21H,5,8-9H2,1-3H3,(H2,17,18,22). The number of carbonyl (C=O) groups excluding carboxylic acids is 1. The van der Waals surface area contributed by atoms with Gasteiger partial charge in [-0.05, 0) is 50.8 Å². The van der Waals surface area contributed by atoms with Crippen molar-refractivity contribution >= 4 is 27.4 Å². The molecule has 1 aliphatic rings. The Morgan fingerprint density at radius 2 is 1.80 bits per heavy atom. The van der Waals surface area contributed by atoms with Crippen molar-refractivity contribution in [3.05, 3.63) is 24.3 Å². The third-order valence-corrected chi connectivity index (χ3v) is 4.85. The molecule has 2 unspecified atom stereocenters. The lowest BCUT2D eigenvalue weighted by molar-refractivity contribution is 0.251. The number of urea groups is 1. The van der Waals surface area contributed by atoms with Crippen LogP contribution >= 0.6 is 0 Å². The van der Waals surface area contributed by atoms with Gasteiger partial charge >= 0.3 is 6.03 Å². The van der Waals surface area contributed by atoms with E-state index in [1.54, 1.807) is 24.3 Å². The molecule has 0 radical (unpaired) electrons. The number of amides is 2. The van der Waals surface area contributed by atoms with Crippen LogP contribution in [-0.2, 0) is 10.0 Å². The quantitative estimate of drug-likeness (QED) is 0.467. The number of hydrogen-bond donors (Lipinski definition) is 5. The van der Waals surface area contributed by atoms with Gasteiger partial charge in [0, 0.05) is 24.3 Å². The minimum absolute atomic E-state index is 0.305. The molecule has 2 amide bonds. The fraction of sp³-hybridized carbons (Fsp3) is 0.562. The number of hydrogen-bond acceptors (Lipinski definition) is 5. The summed E-state index contributed by atoms with van der Waals surface area (Å²) in [6.07, 6.45) is 3.00. The summed E-state index contributed by atoms with van der Waals surface area (Å²) >= 11 is 0. The first-order chi connectivity index (χ1) is 11.7. The molecule has 2 atom stereocenters. The Bertz CT molecular complexity index is 685. The normalized spacial score (nSPS) is 23.2. The van der Waals surface area contributed by atoms with Crippen LogP contribution < -0.4 is 26.2 Å². The number of anilines is 2. The van der Waals surface area contributed by atoms with Gasteiger partial charge in [-0.25, -0.2) is 13.2 Å². The highest BCUT2D eigenvalue weighted by molar-refractivity contribution is 7.92. The van der Waals surface area contributed by atoms with E-state index >= 15 is 0 Å². The molecule has 1 heterocycles. The third kappa shape index (κ3) is 6.52. The van der Waals surface area contributed by atoms with E-state index in [4.69, 9.17) is 0 Å². The number of rotatable bonds is 7. The molecule has 5 N–H and O–H groups in total. The molecular formula is C16H27N5O3S. The number of carbonyl (C=O) groups is 1. The smallest absolute Gasteiger partial charge is 0.319 e. The Morgan fingerprint density at radius 3 is 2.44 bits per heavy atom. The van der Waals surface area contributed by atoms with Crippen LogP contribution in [-0.4, -0.2) is 39.3 Å². The predicted octanol–water partition coefficient (Wildman–Crippen LogP) is 1.46. The van der Waals surface area contributed by atoms with Gasteiger partial charge in [0.15, 0.2) is 0 Å². The van der Waals surface area contributed by atoms with Gasteiger partial charge in [0.2, 0.25) is 10.0 Å². The van der Waals surface area contributed by atoms with Crippen LogP contribution in [0.4, 0.5) is 16.2 Å². The molecule has 1 saturated heterocycles. The van der Waals surface area contributed by atoms with Gasteiger partial charge in [-0.1, -0.05) is 6.07 Å². The second-order valence-electron chi connectivity index (χ2n) is 6.51. The van der Waals surface area contributed by atoms with Gasteiger partial charge in [-0.3, -0.25) is 15.6 Å². The number of nitrogens with one attached hydrogen (secondary N) is 5. The predicted molar refractivity (Wildman–Crippen MR) is 99.8 cm³/mol. The molecule has 25 heavy (non-hydrogen) atoms. The van der Waals surface area contributed by atoms with Crippen molar-refractivity contribution in [2.24, 2.45) is 5.92 Å². The molecule has 8 nitrogen and oxygen atoms in total. The molecule has 9 heteroatoms. The van der Waals surface area contributed by atoms with Crippen LogP contribution in [0.1, 0.15) is 26.7 Å². The Kier molecular flexibility index (Phi) is 6.63. The van der Waals surface area contributed by atoms with Crippen molar-refractivity contribution in [2.75, 3.05) is 22.8 Å². The highest BCUT2D eigenvalue weighted by Gasteiger charge is 2.28. The lowest BCUT2D eigenvalue weighted by atomic mass is 9.92. The van der Waals surface area contributed by atoms with Crippen LogP contribution in [0.5, 0.6) is 0 Å². The largest absolute Gasteiger partial charge is 0.338 e. The maximum Gasteiger partial charge on any atom is 0.319 e. The van der Waals surface area contributed by atoms with E-state index < -0.39 is 10.0 Å². The summed E-state index contributed by atoms with van der Waals surface area (Å²) in [6, 6.07) is 7.11. The van der Waals surface area contributed by atoms with Gasteiger partial charge in [0.1, 0.15) is 0 Å². The van der Waals surface area contributed by atoms with Gasteiger partial charge in [-0.15, -0.1) is 0 Å². The van der Waals surface area contributed by atoms with Crippen LogP contribution in [0.2, 0.25) is 0 Å². The van der Waals surface area contributed by atoms with E-state index in [9.17, 15) is 13.2 Å². The third-order valence-electron chi connectivity index (χ3n) is 4.25. The summed E-state index contributed by atoms with van der Waals surface area (Å²) < 4.78 is 24.9. The highest BCUT2D eigenvalue weighted by atomic mass is 32.2. The van der Waals surface area contributed by atoms with Gasteiger partial charge in [0.05, 0.1) is 11.9 Å². The summed E-state index contributed by atoms with van der Waals surface area (Å²) in [5.41, 5.74) is 7.38. The first kappa shape index (κ1) is 19.5. The zero-order valence-electron chi connectivity index (χ0n) is 14.8. The molecule has 0 saturated carbocycles. The zero-order chi connectivity index (χ0) is 18.4. The van der Waals surface area contributed by atoms with Crippen LogP contribution in [0.15, 0.2) is 24.3 Å².